The van der Waals surface area contributed by atoms with Gasteiger partial charge in [-0.1, -0.05) is 23.9 Å². The van der Waals surface area contributed by atoms with Gasteiger partial charge in [-0.25, -0.2) is 0 Å². The Balaban J connectivity index is 1.79. The van der Waals surface area contributed by atoms with Crippen LogP contribution in [0.5, 0.6) is 0 Å². The predicted octanol–water partition coefficient (Wildman–Crippen LogP) is 3.90. The summed E-state index contributed by atoms with van der Waals surface area (Å²) in [6.07, 6.45) is 1.61. The van der Waals surface area contributed by atoms with Gasteiger partial charge in [0.05, 0.1) is 10.5 Å². The third kappa shape index (κ3) is 3.45. The van der Waals surface area contributed by atoms with Gasteiger partial charge in [-0.2, -0.15) is 5.01 Å². The smallest absolute Gasteiger partial charge is 0.285 e. The largest absolute Gasteiger partial charge is 0.462 e. The van der Waals surface area contributed by atoms with E-state index in [4.69, 9.17) is 16.6 Å². The van der Waals surface area contributed by atoms with E-state index in [9.17, 15) is 9.59 Å². The van der Waals surface area contributed by atoms with Crippen LogP contribution in [0.3, 0.4) is 0 Å². The molecule has 3 rings (SSSR count). The minimum Gasteiger partial charge on any atom is -0.462 e. The lowest BCUT2D eigenvalue weighted by atomic mass is 10.2. The first-order valence-corrected chi connectivity index (χ1v) is 8.87. The number of halogens is 1. The molecule has 1 aliphatic rings. The number of thioether (sulfide) groups is 1. The minimum absolute atomic E-state index is 0.259. The second-order valence-electron chi connectivity index (χ2n) is 4.89. The molecule has 0 atom stereocenters. The molecule has 0 bridgehead atoms. The van der Waals surface area contributed by atoms with E-state index in [1.807, 2.05) is 6.92 Å². The van der Waals surface area contributed by atoms with E-state index >= 15 is 0 Å². The molecule has 2 amide bonds. The Labute approximate surface area is 156 Å². The monoisotopic (exact) mass is 422 g/mol. The SMILES string of the molecule is Cc1ccc(/C=C2/SC(=S)N(NC(=O)c3ccccc3Br)C2=O)o1. The lowest BCUT2D eigenvalue weighted by Crippen LogP contribution is -2.44. The Hall–Kier alpha value is -1.90. The van der Waals surface area contributed by atoms with Crippen LogP contribution < -0.4 is 5.43 Å². The third-order valence-electron chi connectivity index (χ3n) is 3.16. The molecule has 2 aromatic rings. The molecular weight excluding hydrogens is 412 g/mol. The second-order valence-corrected chi connectivity index (χ2v) is 7.42. The van der Waals surface area contributed by atoms with E-state index in [1.165, 1.54) is 0 Å². The Bertz CT molecular complexity index is 876. The Morgan fingerprint density at radius 1 is 1.33 bits per heavy atom. The van der Waals surface area contributed by atoms with Gasteiger partial charge in [-0.3, -0.25) is 15.0 Å². The molecule has 1 aliphatic heterocycles. The van der Waals surface area contributed by atoms with Crippen molar-refractivity contribution < 1.29 is 14.0 Å². The third-order valence-corrected chi connectivity index (χ3v) is 5.15. The quantitative estimate of drug-likeness (QED) is 0.600. The Kier molecular flexibility index (Phi) is 4.88. The number of nitrogens with one attached hydrogen (secondary N) is 1. The molecule has 8 heteroatoms. The number of hydrogen-bond acceptors (Lipinski definition) is 5. The van der Waals surface area contributed by atoms with Gasteiger partial charge >= 0.3 is 0 Å². The van der Waals surface area contributed by atoms with Gasteiger partial charge in [0.25, 0.3) is 11.8 Å². The van der Waals surface area contributed by atoms with Crippen molar-refractivity contribution in [3.63, 3.8) is 0 Å². The summed E-state index contributed by atoms with van der Waals surface area (Å²) >= 11 is 9.61. The number of hydrazine groups is 1. The molecule has 1 aromatic carbocycles. The second kappa shape index (κ2) is 6.92. The molecule has 2 heterocycles. The van der Waals surface area contributed by atoms with Crippen molar-refractivity contribution in [1.82, 2.24) is 10.4 Å². The van der Waals surface area contributed by atoms with Crippen molar-refractivity contribution in [3.05, 3.63) is 62.9 Å². The van der Waals surface area contributed by atoms with E-state index in [1.54, 1.807) is 42.5 Å². The number of amides is 2. The highest BCUT2D eigenvalue weighted by Gasteiger charge is 2.34. The first-order chi connectivity index (χ1) is 11.5. The summed E-state index contributed by atoms with van der Waals surface area (Å²) < 4.78 is 6.33. The van der Waals surface area contributed by atoms with Crippen molar-refractivity contribution in [2.45, 2.75) is 6.92 Å². The maximum absolute atomic E-state index is 12.5. The van der Waals surface area contributed by atoms with E-state index in [2.05, 4.69) is 21.4 Å². The van der Waals surface area contributed by atoms with Crippen LogP contribution in [-0.2, 0) is 4.79 Å². The molecule has 122 valence electrons. The van der Waals surface area contributed by atoms with Crippen molar-refractivity contribution >= 4 is 62.1 Å². The number of carbonyl (C=O) groups is 2. The molecule has 0 unspecified atom stereocenters. The topological polar surface area (TPSA) is 62.6 Å². The van der Waals surface area contributed by atoms with Crippen LogP contribution >= 0.6 is 39.9 Å². The van der Waals surface area contributed by atoms with Crippen LogP contribution in [-0.4, -0.2) is 21.1 Å². The van der Waals surface area contributed by atoms with Gasteiger partial charge < -0.3 is 4.42 Å². The maximum Gasteiger partial charge on any atom is 0.285 e. The van der Waals surface area contributed by atoms with Crippen LogP contribution in [0.1, 0.15) is 21.9 Å². The molecule has 1 saturated heterocycles. The van der Waals surface area contributed by atoms with E-state index in [0.29, 0.717) is 20.7 Å². The minimum atomic E-state index is -0.422. The zero-order valence-corrected chi connectivity index (χ0v) is 15.6. The van der Waals surface area contributed by atoms with Crippen LogP contribution in [0.25, 0.3) is 6.08 Å². The average Bonchev–Trinajstić information content (AvgIpc) is 3.06. The lowest BCUT2D eigenvalue weighted by molar-refractivity contribution is -0.123. The van der Waals surface area contributed by atoms with Crippen LogP contribution in [0.15, 0.2) is 50.2 Å². The van der Waals surface area contributed by atoms with Gasteiger partial charge in [-0.15, -0.1) is 0 Å². The molecule has 0 saturated carbocycles. The molecule has 1 aromatic heterocycles. The molecule has 1 N–H and O–H groups in total. The van der Waals surface area contributed by atoms with Crippen LogP contribution in [0.4, 0.5) is 0 Å². The summed E-state index contributed by atoms with van der Waals surface area (Å²) in [6, 6.07) is 10.5. The van der Waals surface area contributed by atoms with E-state index < -0.39 is 5.91 Å². The molecule has 0 aliphatic carbocycles. The molecule has 0 spiro atoms. The predicted molar refractivity (Wildman–Crippen MR) is 100 cm³/mol. The Morgan fingerprint density at radius 2 is 2.08 bits per heavy atom. The Morgan fingerprint density at radius 3 is 2.75 bits per heavy atom. The van der Waals surface area contributed by atoms with Crippen molar-refractivity contribution in [2.75, 3.05) is 0 Å². The normalized spacial score (nSPS) is 16.1. The number of hydrogen-bond donors (Lipinski definition) is 1. The number of aryl methyl sites for hydroxylation is 1. The number of thiocarbonyl (C=S) groups is 1. The standard InChI is InChI=1S/C16H11BrN2O3S2/c1-9-6-7-10(22-9)8-13-15(21)19(16(23)24-13)18-14(20)11-4-2-3-5-12(11)17/h2-8H,1H3,(H,18,20)/b13-8+. The van der Waals surface area contributed by atoms with Crippen LogP contribution in [0.2, 0.25) is 0 Å². The highest BCUT2D eigenvalue weighted by molar-refractivity contribution is 9.10. The first-order valence-electron chi connectivity index (χ1n) is 6.85. The van der Waals surface area contributed by atoms with Crippen molar-refractivity contribution in [3.8, 4) is 0 Å². The number of nitrogens with zero attached hydrogens (tertiary/aromatic N) is 1. The maximum atomic E-state index is 12.5. The van der Waals surface area contributed by atoms with Gasteiger partial charge in [0.2, 0.25) is 0 Å². The highest BCUT2D eigenvalue weighted by Crippen LogP contribution is 2.32. The fraction of sp³-hybridized carbons (Fsp3) is 0.0625. The van der Waals surface area contributed by atoms with Gasteiger partial charge in [0, 0.05) is 10.5 Å². The average molecular weight is 423 g/mol. The van der Waals surface area contributed by atoms with Crippen molar-refractivity contribution in [2.24, 2.45) is 0 Å². The molecule has 5 nitrogen and oxygen atoms in total. The number of rotatable bonds is 3. The van der Waals surface area contributed by atoms with Crippen molar-refractivity contribution in [1.29, 1.82) is 0 Å². The summed E-state index contributed by atoms with van der Waals surface area (Å²) in [6.45, 7) is 1.82. The van der Waals surface area contributed by atoms with Gasteiger partial charge in [0.1, 0.15) is 11.5 Å². The van der Waals surface area contributed by atoms with Crippen LogP contribution in [0, 0.1) is 6.92 Å². The van der Waals surface area contributed by atoms with Gasteiger partial charge in [0.15, 0.2) is 4.32 Å². The number of benzene rings is 1. The summed E-state index contributed by atoms with van der Waals surface area (Å²) in [5, 5.41) is 1.07. The molecular formula is C16H11BrN2O3S2. The zero-order valence-electron chi connectivity index (χ0n) is 12.4. The zero-order chi connectivity index (χ0) is 17.3. The molecule has 1 fully saturated rings. The molecule has 0 radical (unpaired) electrons. The van der Waals surface area contributed by atoms with E-state index in [-0.39, 0.29) is 10.2 Å². The lowest BCUT2D eigenvalue weighted by Gasteiger charge is -2.16. The summed E-state index contributed by atoms with van der Waals surface area (Å²) in [5.74, 6) is 0.498. The number of carbonyl (C=O) groups excluding carboxylic acids is 2. The fourth-order valence-electron chi connectivity index (χ4n) is 2.03. The first kappa shape index (κ1) is 16.9. The molecule has 24 heavy (non-hydrogen) atoms. The van der Waals surface area contributed by atoms with E-state index in [0.717, 1.165) is 22.5 Å². The highest BCUT2D eigenvalue weighted by atomic mass is 79.9. The fourth-order valence-corrected chi connectivity index (χ4v) is 3.66. The summed E-state index contributed by atoms with van der Waals surface area (Å²) in [7, 11) is 0. The summed E-state index contributed by atoms with van der Waals surface area (Å²) in [4.78, 5) is 25.2. The summed E-state index contributed by atoms with van der Waals surface area (Å²) in [5.41, 5.74) is 2.95. The number of furan rings is 1. The van der Waals surface area contributed by atoms with Gasteiger partial charge in [-0.05, 0) is 59.3 Å².